The summed E-state index contributed by atoms with van der Waals surface area (Å²) in [6.07, 6.45) is -8.39. The van der Waals surface area contributed by atoms with E-state index in [1.165, 1.54) is 0 Å². The van der Waals surface area contributed by atoms with Crippen molar-refractivity contribution in [3.63, 3.8) is 0 Å². The third-order valence-electron chi connectivity index (χ3n) is 2.50. The minimum Gasteiger partial charge on any atom is -0.619 e. The first-order chi connectivity index (χ1) is 8.59. The fourth-order valence-corrected chi connectivity index (χ4v) is 1.69. The molecule has 0 spiro atoms. The normalized spacial score (nSPS) is 12.9. The van der Waals surface area contributed by atoms with Crippen molar-refractivity contribution in [1.82, 2.24) is 0 Å². The maximum atomic E-state index is 12.7. The number of aromatic nitrogens is 1. The van der Waals surface area contributed by atoms with Crippen LogP contribution in [0.15, 0.2) is 30.6 Å². The van der Waals surface area contributed by atoms with Gasteiger partial charge in [-0.2, -0.15) is 31.1 Å². The van der Waals surface area contributed by atoms with Gasteiger partial charge < -0.3 is 5.21 Å². The molecule has 2 aromatic rings. The summed E-state index contributed by atoms with van der Waals surface area (Å²) in [5, 5.41) is 10.1. The predicted molar refractivity (Wildman–Crippen MR) is 52.9 cm³/mol. The number of alkyl halides is 6. The molecular weight excluding hydrogens is 276 g/mol. The zero-order valence-electron chi connectivity index (χ0n) is 9.01. The third kappa shape index (κ3) is 2.56. The molecule has 102 valence electrons. The molecule has 0 unspecified atom stereocenters. The lowest BCUT2D eigenvalue weighted by atomic mass is 10.0. The van der Waals surface area contributed by atoms with E-state index < -0.39 is 34.3 Å². The number of benzene rings is 1. The molecule has 0 saturated heterocycles. The van der Waals surface area contributed by atoms with Gasteiger partial charge in [0.1, 0.15) is 0 Å². The number of nitrogens with zero attached hydrogens (tertiary/aromatic N) is 1. The molecule has 0 amide bonds. The fourth-order valence-electron chi connectivity index (χ4n) is 1.69. The summed E-state index contributed by atoms with van der Waals surface area (Å²) in [6.45, 7) is 0. The van der Waals surface area contributed by atoms with Crippen LogP contribution < -0.4 is 4.73 Å². The average Bonchev–Trinajstić information content (AvgIpc) is 2.24. The second-order valence-electron chi connectivity index (χ2n) is 3.83. The fraction of sp³-hybridized carbons (Fsp3) is 0.182. The highest BCUT2D eigenvalue weighted by Crippen LogP contribution is 2.39. The lowest BCUT2D eigenvalue weighted by Crippen LogP contribution is -2.24. The van der Waals surface area contributed by atoms with Gasteiger partial charge in [-0.3, -0.25) is 0 Å². The lowest BCUT2D eigenvalue weighted by molar-refractivity contribution is -0.603. The van der Waals surface area contributed by atoms with E-state index in [4.69, 9.17) is 0 Å². The summed E-state index contributed by atoms with van der Waals surface area (Å²) in [4.78, 5) is 0. The molecule has 8 heteroatoms. The zero-order valence-corrected chi connectivity index (χ0v) is 9.01. The zero-order chi connectivity index (χ0) is 14.4. The molecule has 1 aromatic heterocycles. The largest absolute Gasteiger partial charge is 0.619 e. The van der Waals surface area contributed by atoms with Crippen LogP contribution in [0, 0.1) is 5.21 Å². The third-order valence-corrected chi connectivity index (χ3v) is 2.50. The summed E-state index contributed by atoms with van der Waals surface area (Å²) < 4.78 is 75.9. The van der Waals surface area contributed by atoms with Crippen LogP contribution in [0.3, 0.4) is 0 Å². The molecule has 0 aliphatic heterocycles. The molecular formula is C11H5F6NO. The van der Waals surface area contributed by atoms with Crippen molar-refractivity contribution in [1.29, 1.82) is 0 Å². The standard InChI is InChI=1S/C11H5F6NO/c12-10(13,14)7-3-6-5-18(19)2-1-8(6)9(4-7)11(15,16)17/h1-5H. The van der Waals surface area contributed by atoms with Gasteiger partial charge in [-0.15, -0.1) is 0 Å². The minimum atomic E-state index is -4.94. The molecule has 0 N–H and O–H groups in total. The number of rotatable bonds is 0. The first kappa shape index (κ1) is 13.4. The van der Waals surface area contributed by atoms with Gasteiger partial charge in [-0.1, -0.05) is 0 Å². The van der Waals surface area contributed by atoms with Gasteiger partial charge in [0.15, 0.2) is 12.4 Å². The highest BCUT2D eigenvalue weighted by Gasteiger charge is 2.38. The number of hydrogen-bond donors (Lipinski definition) is 0. The van der Waals surface area contributed by atoms with Crippen LogP contribution in [-0.4, -0.2) is 0 Å². The van der Waals surface area contributed by atoms with Crippen LogP contribution in [0.2, 0.25) is 0 Å². The van der Waals surface area contributed by atoms with E-state index in [0.29, 0.717) is 12.3 Å². The molecule has 0 bridgehead atoms. The van der Waals surface area contributed by atoms with Gasteiger partial charge in [0.2, 0.25) is 0 Å². The molecule has 0 atom stereocenters. The first-order valence-electron chi connectivity index (χ1n) is 4.90. The van der Waals surface area contributed by atoms with Crippen molar-refractivity contribution in [2.75, 3.05) is 0 Å². The Morgan fingerprint density at radius 1 is 0.947 bits per heavy atom. The second-order valence-corrected chi connectivity index (χ2v) is 3.83. The van der Waals surface area contributed by atoms with Crippen molar-refractivity contribution in [2.45, 2.75) is 12.4 Å². The molecule has 0 aliphatic rings. The quantitative estimate of drug-likeness (QED) is 0.412. The summed E-state index contributed by atoms with van der Waals surface area (Å²) in [5.41, 5.74) is -2.86. The summed E-state index contributed by atoms with van der Waals surface area (Å²) in [6, 6.07) is 1.39. The topological polar surface area (TPSA) is 26.9 Å². The molecule has 0 aliphatic carbocycles. The van der Waals surface area contributed by atoms with Crippen molar-refractivity contribution >= 4 is 10.8 Å². The van der Waals surface area contributed by atoms with E-state index in [9.17, 15) is 31.5 Å². The molecule has 1 heterocycles. The molecule has 0 fully saturated rings. The Morgan fingerprint density at radius 3 is 2.11 bits per heavy atom. The Balaban J connectivity index is 2.84. The van der Waals surface area contributed by atoms with E-state index in [0.717, 1.165) is 12.3 Å². The molecule has 2 nitrogen and oxygen atoms in total. The van der Waals surface area contributed by atoms with Gasteiger partial charge in [0, 0.05) is 16.8 Å². The molecule has 2 rings (SSSR count). The Kier molecular flexibility index (Phi) is 2.83. The van der Waals surface area contributed by atoms with Crippen LogP contribution in [0.1, 0.15) is 11.1 Å². The van der Waals surface area contributed by atoms with E-state index in [-0.39, 0.29) is 10.8 Å². The van der Waals surface area contributed by atoms with E-state index in [1.54, 1.807) is 0 Å². The Labute approximate surface area is 102 Å². The molecule has 19 heavy (non-hydrogen) atoms. The minimum absolute atomic E-state index is 0.0392. The number of hydrogen-bond acceptors (Lipinski definition) is 1. The van der Waals surface area contributed by atoms with Gasteiger partial charge in [0.05, 0.1) is 11.1 Å². The SMILES string of the molecule is [O-][n+]1ccc2c(C(F)(F)F)cc(C(F)(F)F)cc2c1. The van der Waals surface area contributed by atoms with E-state index >= 15 is 0 Å². The Hall–Kier alpha value is -1.99. The summed E-state index contributed by atoms with van der Waals surface area (Å²) >= 11 is 0. The first-order valence-corrected chi connectivity index (χ1v) is 4.90. The van der Waals surface area contributed by atoms with Crippen LogP contribution in [-0.2, 0) is 12.4 Å². The smallest absolute Gasteiger partial charge is 0.417 e. The maximum Gasteiger partial charge on any atom is 0.417 e. The lowest BCUT2D eigenvalue weighted by Gasteiger charge is -2.14. The molecule has 1 aromatic carbocycles. The summed E-state index contributed by atoms with van der Waals surface area (Å²) in [5.74, 6) is 0. The second kappa shape index (κ2) is 4.01. The van der Waals surface area contributed by atoms with Crippen molar-refractivity contribution in [3.05, 3.63) is 46.9 Å². The van der Waals surface area contributed by atoms with Crippen LogP contribution >= 0.6 is 0 Å². The number of pyridine rings is 1. The predicted octanol–water partition coefficient (Wildman–Crippen LogP) is 3.51. The van der Waals surface area contributed by atoms with Crippen LogP contribution in [0.4, 0.5) is 26.3 Å². The maximum absolute atomic E-state index is 12.7. The van der Waals surface area contributed by atoms with E-state index in [1.807, 2.05) is 0 Å². The van der Waals surface area contributed by atoms with Gasteiger partial charge in [-0.25, -0.2) is 0 Å². The van der Waals surface area contributed by atoms with Crippen LogP contribution in [0.5, 0.6) is 0 Å². The average molecular weight is 281 g/mol. The molecule has 0 saturated carbocycles. The number of halogens is 6. The van der Waals surface area contributed by atoms with Crippen molar-refractivity contribution in [3.8, 4) is 0 Å². The van der Waals surface area contributed by atoms with Gasteiger partial charge in [-0.05, 0) is 12.1 Å². The molecule has 0 radical (unpaired) electrons. The number of fused-ring (bicyclic) bond motifs is 1. The summed E-state index contributed by atoms with van der Waals surface area (Å²) in [7, 11) is 0. The Bertz CT molecular complexity index is 631. The van der Waals surface area contributed by atoms with Crippen molar-refractivity contribution in [2.24, 2.45) is 0 Å². The highest BCUT2D eigenvalue weighted by atomic mass is 19.4. The van der Waals surface area contributed by atoms with E-state index in [2.05, 4.69) is 0 Å². The highest BCUT2D eigenvalue weighted by molar-refractivity contribution is 5.85. The van der Waals surface area contributed by atoms with Crippen LogP contribution in [0.25, 0.3) is 10.8 Å². The Morgan fingerprint density at radius 2 is 1.58 bits per heavy atom. The van der Waals surface area contributed by atoms with Gasteiger partial charge >= 0.3 is 12.4 Å². The monoisotopic (exact) mass is 281 g/mol. The van der Waals surface area contributed by atoms with Gasteiger partial charge in [0.25, 0.3) is 0 Å². The van der Waals surface area contributed by atoms with Crippen molar-refractivity contribution < 1.29 is 31.1 Å².